The summed E-state index contributed by atoms with van der Waals surface area (Å²) >= 11 is 0. The van der Waals surface area contributed by atoms with Gasteiger partial charge in [-0.25, -0.2) is 0 Å². The first-order valence-electron chi connectivity index (χ1n) is 26.9. The van der Waals surface area contributed by atoms with Crippen LogP contribution in [0.1, 0.15) is 97.8 Å². The summed E-state index contributed by atoms with van der Waals surface area (Å²) in [6.45, 7) is 3.82. The van der Waals surface area contributed by atoms with Gasteiger partial charge in [0.1, 0.15) is 18.1 Å². The van der Waals surface area contributed by atoms with Crippen molar-refractivity contribution < 1.29 is 83.1 Å². The largest absolute Gasteiger partial charge is 0.481 e. The number of Topliss-reactive ketones (excluding diaryl/α,β-unsaturated/α-hetero) is 1. The van der Waals surface area contributed by atoms with Gasteiger partial charge in [0, 0.05) is 129 Å². The van der Waals surface area contributed by atoms with Crippen LogP contribution in [0.2, 0.25) is 0 Å². The molecule has 5 amide bonds. The third-order valence-corrected chi connectivity index (χ3v) is 14.0. The fourth-order valence-electron chi connectivity index (χ4n) is 10.1. The summed E-state index contributed by atoms with van der Waals surface area (Å²) < 4.78 is 0. The van der Waals surface area contributed by atoms with E-state index in [4.69, 9.17) is 4.98 Å². The van der Waals surface area contributed by atoms with Crippen LogP contribution >= 0.6 is 0 Å². The van der Waals surface area contributed by atoms with Crippen LogP contribution < -0.4 is 5.32 Å². The highest BCUT2D eigenvalue weighted by Crippen LogP contribution is 2.20. The van der Waals surface area contributed by atoms with Gasteiger partial charge >= 0.3 is 29.8 Å². The minimum Gasteiger partial charge on any atom is -0.481 e. The van der Waals surface area contributed by atoms with E-state index >= 15 is 0 Å². The average Bonchev–Trinajstić information content (AvgIpc) is 3.92. The summed E-state index contributed by atoms with van der Waals surface area (Å²) in [5, 5.41) is 50.5. The van der Waals surface area contributed by atoms with E-state index in [9.17, 15) is 83.1 Å². The number of aliphatic carboxylic acids is 5. The number of nitrogens with zero attached hydrogens (tertiary/aromatic N) is 10. The van der Waals surface area contributed by atoms with Crippen molar-refractivity contribution in [2.24, 2.45) is 0 Å². The van der Waals surface area contributed by atoms with Gasteiger partial charge in [0.25, 0.3) is 5.91 Å². The predicted octanol–water partition coefficient (Wildman–Crippen LogP) is -1.07. The van der Waals surface area contributed by atoms with Crippen molar-refractivity contribution in [3.05, 3.63) is 58.7 Å². The third-order valence-electron chi connectivity index (χ3n) is 14.0. The SMILES string of the molecule is CC(=O)CN1CCN(CC(=O)O)CC(CCCCN2C(=O)CCC2=O)N(CC(=O)O)Cc2cccc(n2)C1.O=CCN1CCN(C(CC(=O)O)C(=O)O)CCN(CC(=O)O)Cc2cc(C(=O)NCCCN3C(=O)CCC3=O)cc(n2)C1. The van der Waals surface area contributed by atoms with Crippen LogP contribution in [0, 0.1) is 0 Å². The van der Waals surface area contributed by atoms with Gasteiger partial charge < -0.3 is 35.6 Å². The van der Waals surface area contributed by atoms with Crippen molar-refractivity contribution in [2.45, 2.75) is 103 Å². The van der Waals surface area contributed by atoms with Gasteiger partial charge in [-0.2, -0.15) is 0 Å². The van der Waals surface area contributed by atoms with Crippen LogP contribution in [0.3, 0.4) is 0 Å². The number of likely N-dealkylation sites (tertiary alicyclic amines) is 2. The molecule has 2 saturated heterocycles. The van der Waals surface area contributed by atoms with Gasteiger partial charge in [-0.3, -0.25) is 102 Å². The summed E-state index contributed by atoms with van der Waals surface area (Å²) in [6, 6.07) is 6.94. The molecule has 6 N–H and O–H groups in total. The molecule has 0 radical (unpaired) electrons. The molecule has 4 aliphatic heterocycles. The van der Waals surface area contributed by atoms with Gasteiger partial charge in [-0.15, -0.1) is 0 Å². The highest BCUT2D eigenvalue weighted by molar-refractivity contribution is 6.02. The molecule has 28 nitrogen and oxygen atoms in total. The molecule has 4 bridgehead atoms. The van der Waals surface area contributed by atoms with Gasteiger partial charge in [-0.05, 0) is 50.5 Å². The molecule has 6 rings (SSSR count). The molecule has 0 spiro atoms. The lowest BCUT2D eigenvalue weighted by Crippen LogP contribution is -2.49. The summed E-state index contributed by atoms with van der Waals surface area (Å²) in [5.41, 5.74) is 2.48. The summed E-state index contributed by atoms with van der Waals surface area (Å²) in [4.78, 5) is 164. The molecule has 0 aromatic carbocycles. The smallest absolute Gasteiger partial charge is 0.321 e. The Bertz CT molecular complexity index is 2590. The molecular formula is C53H73N11O17. The number of carboxylic acid groups (broad SMARTS) is 5. The van der Waals surface area contributed by atoms with Crippen LogP contribution in [-0.4, -0.2) is 256 Å². The molecular weight excluding hydrogens is 1060 g/mol. The van der Waals surface area contributed by atoms with Gasteiger partial charge in [0.05, 0.1) is 61.9 Å². The molecule has 0 saturated carbocycles. The van der Waals surface area contributed by atoms with Crippen LogP contribution in [0.4, 0.5) is 0 Å². The molecule has 0 aliphatic carbocycles. The Balaban J connectivity index is 0.000000300. The molecule has 6 heterocycles. The maximum Gasteiger partial charge on any atom is 0.321 e. The zero-order valence-electron chi connectivity index (χ0n) is 45.5. The zero-order chi connectivity index (χ0) is 59.2. The number of unbranched alkanes of at least 4 members (excludes halogenated alkanes) is 1. The zero-order valence-corrected chi connectivity index (χ0v) is 45.5. The summed E-state index contributed by atoms with van der Waals surface area (Å²) in [7, 11) is 0. The lowest BCUT2D eigenvalue weighted by Gasteiger charge is -2.36. The second kappa shape index (κ2) is 32.1. The topological polar surface area (TPSA) is 370 Å². The van der Waals surface area contributed by atoms with Crippen molar-refractivity contribution in [3.8, 4) is 0 Å². The maximum absolute atomic E-state index is 13.1. The molecule has 442 valence electrons. The average molecular weight is 1140 g/mol. The first-order chi connectivity index (χ1) is 38.6. The van der Waals surface area contributed by atoms with E-state index in [1.165, 1.54) is 32.6 Å². The fourth-order valence-corrected chi connectivity index (χ4v) is 10.1. The Morgan fingerprint density at radius 3 is 1.65 bits per heavy atom. The number of nitrogens with one attached hydrogen (secondary N) is 1. The van der Waals surface area contributed by atoms with Gasteiger partial charge in [-0.1, -0.05) is 12.5 Å². The highest BCUT2D eigenvalue weighted by Gasteiger charge is 2.33. The number of rotatable bonds is 24. The maximum atomic E-state index is 13.1. The second-order valence-corrected chi connectivity index (χ2v) is 20.4. The Labute approximate surface area is 467 Å². The summed E-state index contributed by atoms with van der Waals surface area (Å²) in [5.74, 6) is -6.99. The van der Waals surface area contributed by atoms with Crippen molar-refractivity contribution >= 4 is 71.5 Å². The van der Waals surface area contributed by atoms with Crippen molar-refractivity contribution in [2.75, 3.05) is 98.2 Å². The molecule has 2 atom stereocenters. The number of pyridine rings is 2. The Hall–Kier alpha value is -7.50. The number of hydrogen-bond acceptors (Lipinski definition) is 20. The van der Waals surface area contributed by atoms with E-state index in [0.717, 1.165) is 5.69 Å². The van der Waals surface area contributed by atoms with E-state index in [0.29, 0.717) is 81.8 Å². The van der Waals surface area contributed by atoms with Crippen LogP contribution in [0.15, 0.2) is 30.3 Å². The number of carboxylic acids is 5. The number of aromatic nitrogens is 2. The summed E-state index contributed by atoms with van der Waals surface area (Å²) in [6.07, 6.45) is 2.99. The monoisotopic (exact) mass is 1140 g/mol. The first-order valence-corrected chi connectivity index (χ1v) is 26.9. The van der Waals surface area contributed by atoms with E-state index in [-0.39, 0.29) is 152 Å². The van der Waals surface area contributed by atoms with E-state index in [1.54, 1.807) is 15.9 Å². The molecule has 81 heavy (non-hydrogen) atoms. The first kappa shape index (κ1) is 64.3. The number of amides is 5. The van der Waals surface area contributed by atoms with Crippen molar-refractivity contribution in [3.63, 3.8) is 0 Å². The minimum atomic E-state index is -1.36. The van der Waals surface area contributed by atoms with Gasteiger partial charge in [0.2, 0.25) is 23.6 Å². The number of aldehydes is 1. The molecule has 28 heteroatoms. The minimum absolute atomic E-state index is 0.00138. The fraction of sp³-hybridized carbons (Fsp3) is 0.585. The number of carbonyl (C=O) groups is 12. The number of carbonyl (C=O) groups excluding carboxylic acids is 7. The lowest BCUT2D eigenvalue weighted by molar-refractivity contribution is -0.150. The number of hydrogen-bond donors (Lipinski definition) is 6. The van der Waals surface area contributed by atoms with Crippen LogP contribution in [0.25, 0.3) is 0 Å². The van der Waals surface area contributed by atoms with Crippen LogP contribution in [-0.2, 0) is 78.9 Å². The van der Waals surface area contributed by atoms with Crippen molar-refractivity contribution in [1.29, 1.82) is 0 Å². The van der Waals surface area contributed by atoms with E-state index in [1.807, 2.05) is 28.0 Å². The third kappa shape index (κ3) is 21.8. The molecule has 4 aliphatic rings. The Kier molecular flexibility index (Phi) is 25.5. The molecule has 2 fully saturated rings. The molecule has 2 aromatic rings. The van der Waals surface area contributed by atoms with Gasteiger partial charge in [0.15, 0.2) is 0 Å². The molecule has 2 aromatic heterocycles. The number of fused-ring (bicyclic) bond motifs is 4. The second-order valence-electron chi connectivity index (χ2n) is 20.4. The quantitative estimate of drug-likeness (QED) is 0.0414. The molecule has 2 unspecified atom stereocenters. The normalized spacial score (nSPS) is 19.0. The number of imide groups is 2. The standard InChI is InChI=1S/C27H36N6O10.C26H37N5O7/c34-11-10-30-6-8-32(21(27(42)43)14-24(37)38)9-7-31(17-25(39)40)16-20-13-18(12-19(15-30)29-20)26(41)28-4-1-5-33-22(35)2-3-23(33)36;1-19(32)13-28-11-12-29(17-25(35)36)16-22(7-2-3-10-31-23(33)8-9-24(31)34)30(18-26(37)38)15-21-6-4-5-20(14-28)27-21/h11-13,21H,1-10,14-17H2,(H,28,41)(H,37,38)(H,39,40)(H,42,43);4-6,22H,2-3,7-18H2,1H3,(H,35,36)(H,37,38). The van der Waals surface area contributed by atoms with Crippen molar-refractivity contribution in [1.82, 2.24) is 54.5 Å². The Morgan fingerprint density at radius 2 is 1.10 bits per heavy atom. The van der Waals surface area contributed by atoms with E-state index < -0.39 is 54.8 Å². The van der Waals surface area contributed by atoms with E-state index in [2.05, 4.69) is 10.3 Å². The predicted molar refractivity (Wildman–Crippen MR) is 283 cm³/mol. The number of ketones is 1. The lowest BCUT2D eigenvalue weighted by atomic mass is 10.1. The van der Waals surface area contributed by atoms with Crippen LogP contribution in [0.5, 0.6) is 0 Å². The highest BCUT2D eigenvalue weighted by atomic mass is 16.4. The Morgan fingerprint density at radius 1 is 0.605 bits per heavy atom.